The summed E-state index contributed by atoms with van der Waals surface area (Å²) >= 11 is 0. The van der Waals surface area contributed by atoms with Crippen LogP contribution in [-0.4, -0.2) is 27.6 Å². The van der Waals surface area contributed by atoms with Crippen LogP contribution in [0.5, 0.6) is 5.75 Å². The summed E-state index contributed by atoms with van der Waals surface area (Å²) in [7, 11) is 0. The Morgan fingerprint density at radius 3 is 2.62 bits per heavy atom. The average molecular weight is 388 g/mol. The number of carbonyl (C=O) groups excluding carboxylic acids is 1. The van der Waals surface area contributed by atoms with Crippen LogP contribution in [0.2, 0.25) is 0 Å². The molecule has 146 valence electrons. The van der Waals surface area contributed by atoms with Crippen LogP contribution in [0.1, 0.15) is 21.7 Å². The lowest BCUT2D eigenvalue weighted by atomic mass is 10.1. The van der Waals surface area contributed by atoms with Crippen molar-refractivity contribution in [3.05, 3.63) is 89.9 Å². The zero-order chi connectivity index (χ0) is 19.9. The number of hydrogen-bond donors (Lipinski definition) is 2. The number of H-pyrrole nitrogens is 1. The second-order valence-corrected chi connectivity index (χ2v) is 6.39. The van der Waals surface area contributed by atoms with Crippen LogP contribution < -0.4 is 10.1 Å². The van der Waals surface area contributed by atoms with Crippen molar-refractivity contribution >= 4 is 5.91 Å². The summed E-state index contributed by atoms with van der Waals surface area (Å²) in [5, 5.41) is 9.85. The van der Waals surface area contributed by atoms with Crippen molar-refractivity contribution < 1.29 is 13.9 Å². The fourth-order valence-corrected chi connectivity index (χ4v) is 2.76. The van der Waals surface area contributed by atoms with E-state index in [-0.39, 0.29) is 5.91 Å². The number of benzene rings is 2. The number of rotatable bonds is 8. The first-order valence-corrected chi connectivity index (χ1v) is 9.28. The van der Waals surface area contributed by atoms with Crippen LogP contribution in [0.3, 0.4) is 0 Å². The van der Waals surface area contributed by atoms with Gasteiger partial charge in [-0.2, -0.15) is 5.10 Å². The molecule has 29 heavy (non-hydrogen) atoms. The highest BCUT2D eigenvalue weighted by Gasteiger charge is 2.09. The summed E-state index contributed by atoms with van der Waals surface area (Å²) < 4.78 is 11.0. The molecule has 4 aromatic rings. The van der Waals surface area contributed by atoms with Gasteiger partial charge in [-0.3, -0.25) is 9.89 Å². The fraction of sp³-hybridized carbons (Fsp3) is 0.136. The Morgan fingerprint density at radius 1 is 1.03 bits per heavy atom. The largest absolute Gasteiger partial charge is 0.489 e. The Hall–Kier alpha value is -3.87. The van der Waals surface area contributed by atoms with Gasteiger partial charge >= 0.3 is 0 Å². The van der Waals surface area contributed by atoms with Crippen LogP contribution in [0.25, 0.3) is 11.6 Å². The van der Waals surface area contributed by atoms with Gasteiger partial charge in [-0.25, -0.2) is 4.98 Å². The van der Waals surface area contributed by atoms with E-state index in [0.29, 0.717) is 42.5 Å². The second-order valence-electron chi connectivity index (χ2n) is 6.39. The van der Waals surface area contributed by atoms with Crippen molar-refractivity contribution in [1.82, 2.24) is 20.5 Å². The summed E-state index contributed by atoms with van der Waals surface area (Å²) in [6.45, 7) is 0.903. The molecule has 2 N–H and O–H groups in total. The SMILES string of the molecule is O=C(NCCc1nc(-c2ccco2)n[nH]1)c1ccc(COc2ccccc2)cc1. The fourth-order valence-electron chi connectivity index (χ4n) is 2.76. The van der Waals surface area contributed by atoms with E-state index in [4.69, 9.17) is 9.15 Å². The van der Waals surface area contributed by atoms with E-state index in [2.05, 4.69) is 20.5 Å². The number of nitrogens with zero attached hydrogens (tertiary/aromatic N) is 2. The van der Waals surface area contributed by atoms with Gasteiger partial charge in [-0.1, -0.05) is 30.3 Å². The van der Waals surface area contributed by atoms with Gasteiger partial charge in [0, 0.05) is 18.5 Å². The first-order valence-electron chi connectivity index (χ1n) is 9.28. The number of ether oxygens (including phenoxy) is 1. The molecular formula is C22H20N4O3. The van der Waals surface area contributed by atoms with Gasteiger partial charge < -0.3 is 14.5 Å². The molecule has 0 aliphatic rings. The minimum absolute atomic E-state index is 0.133. The van der Waals surface area contributed by atoms with Crippen molar-refractivity contribution in [2.75, 3.05) is 6.54 Å². The predicted molar refractivity (Wildman–Crippen MR) is 107 cm³/mol. The van der Waals surface area contributed by atoms with Crippen LogP contribution in [-0.2, 0) is 13.0 Å². The third-order valence-electron chi connectivity index (χ3n) is 4.29. The molecule has 0 aliphatic heterocycles. The van der Waals surface area contributed by atoms with Gasteiger partial charge in [-0.15, -0.1) is 0 Å². The van der Waals surface area contributed by atoms with Crippen molar-refractivity contribution in [3.8, 4) is 17.3 Å². The molecule has 0 saturated heterocycles. The van der Waals surface area contributed by atoms with Crippen molar-refractivity contribution in [2.24, 2.45) is 0 Å². The van der Waals surface area contributed by atoms with E-state index in [1.165, 1.54) is 0 Å². The van der Waals surface area contributed by atoms with E-state index in [1.807, 2.05) is 42.5 Å². The number of aromatic nitrogens is 3. The third-order valence-corrected chi connectivity index (χ3v) is 4.29. The molecule has 2 aromatic heterocycles. The smallest absolute Gasteiger partial charge is 0.251 e. The number of para-hydroxylation sites is 1. The van der Waals surface area contributed by atoms with Crippen molar-refractivity contribution in [3.63, 3.8) is 0 Å². The third kappa shape index (κ3) is 4.90. The maximum Gasteiger partial charge on any atom is 0.251 e. The predicted octanol–water partition coefficient (Wildman–Crippen LogP) is 3.62. The highest BCUT2D eigenvalue weighted by atomic mass is 16.5. The average Bonchev–Trinajstić information content (AvgIpc) is 3.45. The van der Waals surface area contributed by atoms with E-state index >= 15 is 0 Å². The first-order chi connectivity index (χ1) is 14.3. The summed E-state index contributed by atoms with van der Waals surface area (Å²) in [4.78, 5) is 16.7. The molecule has 0 unspecified atom stereocenters. The molecule has 0 bridgehead atoms. The number of carbonyl (C=O) groups is 1. The zero-order valence-electron chi connectivity index (χ0n) is 15.7. The summed E-state index contributed by atoms with van der Waals surface area (Å²) in [6.07, 6.45) is 2.12. The molecular weight excluding hydrogens is 368 g/mol. The van der Waals surface area contributed by atoms with Gasteiger partial charge in [-0.05, 0) is 42.0 Å². The van der Waals surface area contributed by atoms with Crippen molar-refractivity contribution in [1.29, 1.82) is 0 Å². The van der Waals surface area contributed by atoms with Crippen LogP contribution >= 0.6 is 0 Å². The van der Waals surface area contributed by atoms with Gasteiger partial charge in [0.2, 0.25) is 5.82 Å². The zero-order valence-corrected chi connectivity index (χ0v) is 15.7. The summed E-state index contributed by atoms with van der Waals surface area (Å²) in [5.41, 5.74) is 1.60. The van der Waals surface area contributed by atoms with Gasteiger partial charge in [0.1, 0.15) is 18.2 Å². The first kappa shape index (κ1) is 18.5. The Labute approximate surface area is 167 Å². The van der Waals surface area contributed by atoms with E-state index in [0.717, 1.165) is 11.3 Å². The van der Waals surface area contributed by atoms with Crippen LogP contribution in [0, 0.1) is 0 Å². The molecule has 0 fully saturated rings. The lowest BCUT2D eigenvalue weighted by molar-refractivity contribution is 0.0954. The lowest BCUT2D eigenvalue weighted by Crippen LogP contribution is -2.25. The molecule has 2 heterocycles. The molecule has 0 saturated carbocycles. The summed E-state index contributed by atoms with van der Waals surface area (Å²) in [5.74, 6) is 2.48. The van der Waals surface area contributed by atoms with Crippen LogP contribution in [0.15, 0.2) is 77.4 Å². The Kier molecular flexibility index (Phi) is 5.66. The molecule has 0 radical (unpaired) electrons. The molecule has 0 atom stereocenters. The number of nitrogens with one attached hydrogen (secondary N) is 2. The monoisotopic (exact) mass is 388 g/mol. The molecule has 4 rings (SSSR count). The van der Waals surface area contributed by atoms with Crippen molar-refractivity contribution in [2.45, 2.75) is 13.0 Å². The highest BCUT2D eigenvalue weighted by Crippen LogP contribution is 2.14. The second kappa shape index (κ2) is 8.88. The molecule has 0 aliphatic carbocycles. The molecule has 7 nitrogen and oxygen atoms in total. The molecule has 2 aromatic carbocycles. The Bertz CT molecular complexity index is 1040. The molecule has 0 spiro atoms. The Balaban J connectivity index is 1.24. The standard InChI is InChI=1S/C22H20N4O3/c27-22(23-13-12-20-24-21(26-25-20)19-7-4-14-28-19)17-10-8-16(9-11-17)15-29-18-5-2-1-3-6-18/h1-11,14H,12-13,15H2,(H,23,27)(H,24,25,26). The van der Waals surface area contributed by atoms with Gasteiger partial charge in [0.05, 0.1) is 6.26 Å². The van der Waals surface area contributed by atoms with Crippen LogP contribution in [0.4, 0.5) is 0 Å². The number of hydrogen-bond acceptors (Lipinski definition) is 5. The van der Waals surface area contributed by atoms with E-state index in [1.54, 1.807) is 30.5 Å². The number of aromatic amines is 1. The quantitative estimate of drug-likeness (QED) is 0.481. The maximum absolute atomic E-state index is 12.3. The molecule has 1 amide bonds. The van der Waals surface area contributed by atoms with E-state index < -0.39 is 0 Å². The normalized spacial score (nSPS) is 10.6. The highest BCUT2D eigenvalue weighted by molar-refractivity contribution is 5.94. The van der Waals surface area contributed by atoms with Gasteiger partial charge in [0.25, 0.3) is 5.91 Å². The Morgan fingerprint density at radius 2 is 1.86 bits per heavy atom. The molecule has 7 heteroatoms. The van der Waals surface area contributed by atoms with E-state index in [9.17, 15) is 4.79 Å². The topological polar surface area (TPSA) is 93.0 Å². The number of amides is 1. The summed E-state index contributed by atoms with van der Waals surface area (Å²) in [6, 6.07) is 20.6. The number of furan rings is 1. The van der Waals surface area contributed by atoms with Gasteiger partial charge in [0.15, 0.2) is 5.76 Å². The minimum Gasteiger partial charge on any atom is -0.489 e. The minimum atomic E-state index is -0.133. The maximum atomic E-state index is 12.3. The lowest BCUT2D eigenvalue weighted by Gasteiger charge is -2.07.